The minimum Gasteiger partial charge on any atom is -0.353 e. The Morgan fingerprint density at radius 1 is 1.16 bits per heavy atom. The maximum Gasteiger partial charge on any atom is 0.266 e. The first-order chi connectivity index (χ1) is 12.1. The molecule has 1 fully saturated rings. The average molecular weight is 360 g/mol. The van der Waals surface area contributed by atoms with Crippen LogP contribution in [-0.4, -0.2) is 21.7 Å². The monoisotopic (exact) mass is 359 g/mol. The highest BCUT2D eigenvalue weighted by Crippen LogP contribution is 2.19. The lowest BCUT2D eigenvalue weighted by molar-refractivity contribution is -0.121. The third kappa shape index (κ3) is 4.92. The van der Waals surface area contributed by atoms with Gasteiger partial charge in [-0.1, -0.05) is 36.6 Å². The minimum atomic E-state index is -0.158. The van der Waals surface area contributed by atoms with Crippen LogP contribution in [0.5, 0.6) is 0 Å². The molecule has 3 rings (SSSR count). The van der Waals surface area contributed by atoms with Crippen molar-refractivity contribution < 1.29 is 4.79 Å². The summed E-state index contributed by atoms with van der Waals surface area (Å²) < 4.78 is 1.42. The number of nitrogens with one attached hydrogen (secondary N) is 1. The SMILES string of the molecule is O=C(CCCn1nc(-c2ccc(Cl)cc2)ccc1=O)NC1CCCC1. The molecule has 5 nitrogen and oxygen atoms in total. The summed E-state index contributed by atoms with van der Waals surface area (Å²) in [5.74, 6) is 0.0637. The molecular weight excluding hydrogens is 338 g/mol. The molecule has 1 aliphatic rings. The molecule has 0 radical (unpaired) electrons. The molecule has 0 unspecified atom stereocenters. The van der Waals surface area contributed by atoms with Crippen LogP contribution in [0.4, 0.5) is 0 Å². The van der Waals surface area contributed by atoms with E-state index in [-0.39, 0.29) is 11.5 Å². The predicted octanol–water partition coefficient (Wildman–Crippen LogP) is 3.40. The lowest BCUT2D eigenvalue weighted by atomic mass is 10.1. The van der Waals surface area contributed by atoms with E-state index < -0.39 is 0 Å². The fourth-order valence-corrected chi connectivity index (χ4v) is 3.27. The van der Waals surface area contributed by atoms with Gasteiger partial charge in [0, 0.05) is 35.7 Å². The Bertz CT molecular complexity index is 780. The van der Waals surface area contributed by atoms with E-state index in [4.69, 9.17) is 11.6 Å². The number of hydrogen-bond donors (Lipinski definition) is 1. The molecule has 1 N–H and O–H groups in total. The maximum atomic E-state index is 12.0. The number of nitrogens with zero attached hydrogens (tertiary/aromatic N) is 2. The van der Waals surface area contributed by atoms with Gasteiger partial charge in [-0.25, -0.2) is 4.68 Å². The van der Waals surface area contributed by atoms with Gasteiger partial charge in [0.1, 0.15) is 0 Å². The number of aryl methyl sites for hydroxylation is 1. The highest BCUT2D eigenvalue weighted by molar-refractivity contribution is 6.30. The van der Waals surface area contributed by atoms with Crippen molar-refractivity contribution >= 4 is 17.5 Å². The summed E-state index contributed by atoms with van der Waals surface area (Å²) in [4.78, 5) is 24.0. The second-order valence-electron chi connectivity index (χ2n) is 6.44. The zero-order chi connectivity index (χ0) is 17.6. The van der Waals surface area contributed by atoms with Crippen LogP contribution in [0.1, 0.15) is 38.5 Å². The topological polar surface area (TPSA) is 64.0 Å². The van der Waals surface area contributed by atoms with Crippen molar-refractivity contribution in [2.24, 2.45) is 0 Å². The van der Waals surface area contributed by atoms with Crippen molar-refractivity contribution in [1.82, 2.24) is 15.1 Å². The van der Waals surface area contributed by atoms with Crippen LogP contribution in [0.3, 0.4) is 0 Å². The van der Waals surface area contributed by atoms with Crippen molar-refractivity contribution in [2.45, 2.75) is 51.1 Å². The smallest absolute Gasteiger partial charge is 0.266 e. The largest absolute Gasteiger partial charge is 0.353 e. The van der Waals surface area contributed by atoms with Gasteiger partial charge in [-0.05, 0) is 37.5 Å². The Kier molecular flexibility index (Phi) is 5.87. The molecule has 1 aliphatic carbocycles. The number of amides is 1. The zero-order valence-electron chi connectivity index (χ0n) is 14.1. The van der Waals surface area contributed by atoms with Gasteiger partial charge in [-0.3, -0.25) is 9.59 Å². The molecule has 1 aromatic carbocycles. The van der Waals surface area contributed by atoms with E-state index in [1.54, 1.807) is 18.2 Å². The molecule has 0 saturated heterocycles. The summed E-state index contributed by atoms with van der Waals surface area (Å²) in [6.45, 7) is 0.429. The normalized spacial score (nSPS) is 14.6. The number of aromatic nitrogens is 2. The van der Waals surface area contributed by atoms with Crippen LogP contribution in [0.2, 0.25) is 5.02 Å². The fraction of sp³-hybridized carbons (Fsp3) is 0.421. The van der Waals surface area contributed by atoms with Gasteiger partial charge in [0.15, 0.2) is 0 Å². The van der Waals surface area contributed by atoms with Crippen LogP contribution >= 0.6 is 11.6 Å². The molecule has 0 spiro atoms. The number of benzene rings is 1. The summed E-state index contributed by atoms with van der Waals surface area (Å²) >= 11 is 5.90. The molecule has 25 heavy (non-hydrogen) atoms. The Hall–Kier alpha value is -2.14. The van der Waals surface area contributed by atoms with E-state index in [1.807, 2.05) is 12.1 Å². The minimum absolute atomic E-state index is 0.0637. The third-order valence-corrected chi connectivity index (χ3v) is 4.75. The maximum absolute atomic E-state index is 12.0. The molecular formula is C19H22ClN3O2. The Morgan fingerprint density at radius 2 is 1.88 bits per heavy atom. The fourth-order valence-electron chi connectivity index (χ4n) is 3.14. The van der Waals surface area contributed by atoms with E-state index in [1.165, 1.54) is 23.6 Å². The Labute approximate surface area is 152 Å². The molecule has 1 heterocycles. The van der Waals surface area contributed by atoms with E-state index in [0.717, 1.165) is 18.4 Å². The number of hydrogen-bond acceptors (Lipinski definition) is 3. The molecule has 1 saturated carbocycles. The van der Waals surface area contributed by atoms with Gasteiger partial charge >= 0.3 is 0 Å². The summed E-state index contributed by atoms with van der Waals surface area (Å²) in [6.07, 6.45) is 5.56. The Morgan fingerprint density at radius 3 is 2.60 bits per heavy atom. The number of halogens is 1. The van der Waals surface area contributed by atoms with Gasteiger partial charge in [-0.2, -0.15) is 5.10 Å². The zero-order valence-corrected chi connectivity index (χ0v) is 14.8. The highest BCUT2D eigenvalue weighted by atomic mass is 35.5. The van der Waals surface area contributed by atoms with Gasteiger partial charge < -0.3 is 5.32 Å². The van der Waals surface area contributed by atoms with Crippen LogP contribution in [0, 0.1) is 0 Å². The predicted molar refractivity (Wildman–Crippen MR) is 98.6 cm³/mol. The first-order valence-electron chi connectivity index (χ1n) is 8.75. The standard InChI is InChI=1S/C19H22ClN3O2/c20-15-9-7-14(8-10-15)17-11-12-19(25)23(22-17)13-3-6-18(24)21-16-4-1-2-5-16/h7-12,16H,1-6,13H2,(H,21,24). The van der Waals surface area contributed by atoms with Crippen LogP contribution in [-0.2, 0) is 11.3 Å². The van der Waals surface area contributed by atoms with Gasteiger partial charge in [-0.15, -0.1) is 0 Å². The van der Waals surface area contributed by atoms with Crippen molar-refractivity contribution in [3.63, 3.8) is 0 Å². The summed E-state index contributed by atoms with van der Waals surface area (Å²) in [5.41, 5.74) is 1.46. The lowest BCUT2D eigenvalue weighted by Gasteiger charge is -2.12. The molecule has 132 valence electrons. The summed E-state index contributed by atoms with van der Waals surface area (Å²) in [5, 5.41) is 8.12. The summed E-state index contributed by atoms with van der Waals surface area (Å²) in [7, 11) is 0. The second-order valence-corrected chi connectivity index (χ2v) is 6.88. The molecule has 2 aromatic rings. The number of carbonyl (C=O) groups is 1. The highest BCUT2D eigenvalue weighted by Gasteiger charge is 2.16. The third-order valence-electron chi connectivity index (χ3n) is 4.50. The van der Waals surface area contributed by atoms with Crippen LogP contribution < -0.4 is 10.9 Å². The van der Waals surface area contributed by atoms with Crippen molar-refractivity contribution in [3.05, 3.63) is 51.8 Å². The van der Waals surface area contributed by atoms with Gasteiger partial charge in [0.25, 0.3) is 5.56 Å². The molecule has 1 amide bonds. The van der Waals surface area contributed by atoms with Gasteiger partial charge in [0.05, 0.1) is 5.69 Å². The molecule has 0 aliphatic heterocycles. The first-order valence-corrected chi connectivity index (χ1v) is 9.13. The van der Waals surface area contributed by atoms with Crippen molar-refractivity contribution in [2.75, 3.05) is 0 Å². The Balaban J connectivity index is 1.58. The number of carbonyl (C=O) groups excluding carboxylic acids is 1. The quantitative estimate of drug-likeness (QED) is 0.859. The van der Waals surface area contributed by atoms with Crippen LogP contribution in [0.25, 0.3) is 11.3 Å². The van der Waals surface area contributed by atoms with E-state index >= 15 is 0 Å². The van der Waals surface area contributed by atoms with E-state index in [2.05, 4.69) is 10.4 Å². The second kappa shape index (κ2) is 8.30. The van der Waals surface area contributed by atoms with Crippen molar-refractivity contribution in [1.29, 1.82) is 0 Å². The van der Waals surface area contributed by atoms with Crippen LogP contribution in [0.15, 0.2) is 41.2 Å². The molecule has 6 heteroatoms. The molecule has 0 atom stereocenters. The number of rotatable bonds is 6. The molecule has 1 aromatic heterocycles. The van der Waals surface area contributed by atoms with E-state index in [9.17, 15) is 9.59 Å². The van der Waals surface area contributed by atoms with E-state index in [0.29, 0.717) is 36.1 Å². The first kappa shape index (κ1) is 17.7. The molecule has 0 bridgehead atoms. The van der Waals surface area contributed by atoms with Gasteiger partial charge in [0.2, 0.25) is 5.91 Å². The average Bonchev–Trinajstić information content (AvgIpc) is 3.10. The lowest BCUT2D eigenvalue weighted by Crippen LogP contribution is -2.32. The van der Waals surface area contributed by atoms with Crippen molar-refractivity contribution in [3.8, 4) is 11.3 Å². The summed E-state index contributed by atoms with van der Waals surface area (Å²) in [6, 6.07) is 10.9.